The van der Waals surface area contributed by atoms with Gasteiger partial charge < -0.3 is 10.2 Å². The molecular formula is C18H17Cl2F3N4O3S. The number of urea groups is 1. The first-order chi connectivity index (χ1) is 14.5. The highest BCUT2D eigenvalue weighted by Gasteiger charge is 2.32. The van der Waals surface area contributed by atoms with Crippen LogP contribution < -0.4 is 5.32 Å². The maximum absolute atomic E-state index is 12.7. The van der Waals surface area contributed by atoms with Crippen molar-refractivity contribution in [3.05, 3.63) is 57.8 Å². The summed E-state index contributed by atoms with van der Waals surface area (Å²) in [6, 6.07) is 6.05. The molecule has 2 aromatic rings. The molecule has 0 saturated carbocycles. The van der Waals surface area contributed by atoms with Crippen LogP contribution in [0, 0.1) is 0 Å². The predicted octanol–water partition coefficient (Wildman–Crippen LogP) is 3.62. The molecule has 1 aromatic carbocycles. The lowest BCUT2D eigenvalue weighted by Crippen LogP contribution is -2.53. The molecule has 2 heterocycles. The topological polar surface area (TPSA) is 82.6 Å². The van der Waals surface area contributed by atoms with Gasteiger partial charge in [-0.2, -0.15) is 17.5 Å². The van der Waals surface area contributed by atoms with E-state index < -0.39 is 27.8 Å². The van der Waals surface area contributed by atoms with Gasteiger partial charge in [0.2, 0.25) is 10.0 Å². The molecule has 1 aliphatic rings. The summed E-state index contributed by atoms with van der Waals surface area (Å²) >= 11 is 11.6. The number of hydrogen-bond acceptors (Lipinski definition) is 4. The lowest BCUT2D eigenvalue weighted by atomic mass is 10.2. The Balaban J connectivity index is 1.55. The zero-order valence-electron chi connectivity index (χ0n) is 15.9. The predicted molar refractivity (Wildman–Crippen MR) is 108 cm³/mol. The van der Waals surface area contributed by atoms with E-state index in [1.807, 2.05) is 0 Å². The molecule has 0 unspecified atom stereocenters. The van der Waals surface area contributed by atoms with E-state index in [-0.39, 0.29) is 48.3 Å². The third-order valence-electron chi connectivity index (χ3n) is 4.63. The fourth-order valence-corrected chi connectivity index (χ4v) is 4.69. The number of aromatic nitrogens is 1. The monoisotopic (exact) mass is 496 g/mol. The number of halogens is 5. The molecule has 0 bridgehead atoms. The van der Waals surface area contributed by atoms with Crippen molar-refractivity contribution in [3.63, 3.8) is 0 Å². The Morgan fingerprint density at radius 3 is 2.26 bits per heavy atom. The maximum atomic E-state index is 12.7. The third kappa shape index (κ3) is 5.59. The average molecular weight is 497 g/mol. The van der Waals surface area contributed by atoms with Crippen LogP contribution in [0.1, 0.15) is 11.3 Å². The molecule has 31 heavy (non-hydrogen) atoms. The van der Waals surface area contributed by atoms with Crippen molar-refractivity contribution in [2.75, 3.05) is 26.2 Å². The van der Waals surface area contributed by atoms with E-state index in [1.165, 1.54) is 33.5 Å². The first-order valence-electron chi connectivity index (χ1n) is 8.98. The highest BCUT2D eigenvalue weighted by atomic mass is 35.5. The summed E-state index contributed by atoms with van der Waals surface area (Å²) in [6.07, 6.45) is -3.92. The van der Waals surface area contributed by atoms with Crippen molar-refractivity contribution in [1.29, 1.82) is 0 Å². The van der Waals surface area contributed by atoms with Gasteiger partial charge in [-0.05, 0) is 30.3 Å². The van der Waals surface area contributed by atoms with E-state index in [4.69, 9.17) is 23.2 Å². The summed E-state index contributed by atoms with van der Waals surface area (Å²) in [5.41, 5.74) is -0.891. The Morgan fingerprint density at radius 2 is 1.71 bits per heavy atom. The summed E-state index contributed by atoms with van der Waals surface area (Å²) < 4.78 is 64.6. The minimum absolute atomic E-state index is 0.0898. The van der Waals surface area contributed by atoms with E-state index in [0.717, 1.165) is 6.07 Å². The smallest absolute Gasteiger partial charge is 0.332 e. The van der Waals surface area contributed by atoms with Crippen molar-refractivity contribution in [3.8, 4) is 0 Å². The molecule has 1 aromatic heterocycles. The number of carbonyl (C=O) groups excluding carboxylic acids is 1. The molecular weight excluding hydrogens is 480 g/mol. The standard InChI is InChI=1S/C18H17Cl2F3N4O3S/c19-13-1-3-14(4-2-13)31(29,30)27-7-5-26(6-8-27)17(28)25-11-16-15(20)9-12(10-24-16)18(21,22)23/h1-4,9-10H,5-8,11H2,(H,25,28). The van der Waals surface area contributed by atoms with Gasteiger partial charge in [-0.25, -0.2) is 13.2 Å². The first-order valence-corrected chi connectivity index (χ1v) is 11.2. The van der Waals surface area contributed by atoms with Crippen molar-refractivity contribution in [2.45, 2.75) is 17.6 Å². The van der Waals surface area contributed by atoms with Crippen LogP contribution in [-0.2, 0) is 22.7 Å². The highest BCUT2D eigenvalue weighted by Crippen LogP contribution is 2.31. The van der Waals surface area contributed by atoms with Crippen LogP contribution >= 0.6 is 23.2 Å². The van der Waals surface area contributed by atoms with Crippen molar-refractivity contribution < 1.29 is 26.4 Å². The van der Waals surface area contributed by atoms with Gasteiger partial charge in [0.05, 0.1) is 27.7 Å². The Bertz CT molecular complexity index is 1060. The Morgan fingerprint density at radius 1 is 1.10 bits per heavy atom. The van der Waals surface area contributed by atoms with Gasteiger partial charge in [-0.3, -0.25) is 4.98 Å². The number of amides is 2. The minimum atomic E-state index is -4.57. The molecule has 1 aliphatic heterocycles. The van der Waals surface area contributed by atoms with Crippen molar-refractivity contribution >= 4 is 39.3 Å². The molecule has 3 rings (SSSR count). The summed E-state index contributed by atoms with van der Waals surface area (Å²) in [5, 5.41) is 2.74. The second kappa shape index (κ2) is 9.19. The number of benzene rings is 1. The molecule has 2 amide bonds. The van der Waals surface area contributed by atoms with E-state index in [0.29, 0.717) is 11.2 Å². The van der Waals surface area contributed by atoms with Crippen LogP contribution in [0.5, 0.6) is 0 Å². The SMILES string of the molecule is O=C(NCc1ncc(C(F)(F)F)cc1Cl)N1CCN(S(=O)(=O)c2ccc(Cl)cc2)CC1. The first kappa shape index (κ1) is 23.6. The molecule has 7 nitrogen and oxygen atoms in total. The molecule has 0 aliphatic carbocycles. The van der Waals surface area contributed by atoms with Crippen molar-refractivity contribution in [1.82, 2.24) is 19.5 Å². The molecule has 0 atom stereocenters. The number of nitrogens with zero attached hydrogens (tertiary/aromatic N) is 3. The number of sulfonamides is 1. The number of carbonyl (C=O) groups is 1. The average Bonchev–Trinajstić information content (AvgIpc) is 2.72. The maximum Gasteiger partial charge on any atom is 0.417 e. The fraction of sp³-hybridized carbons (Fsp3) is 0.333. The quantitative estimate of drug-likeness (QED) is 0.700. The molecule has 168 valence electrons. The van der Waals surface area contributed by atoms with Gasteiger partial charge in [0.1, 0.15) is 0 Å². The number of rotatable bonds is 4. The van der Waals surface area contributed by atoms with Crippen LogP contribution in [0.15, 0.2) is 41.4 Å². The summed E-state index contributed by atoms with van der Waals surface area (Å²) in [5.74, 6) is 0. The lowest BCUT2D eigenvalue weighted by Gasteiger charge is -2.34. The van der Waals surface area contributed by atoms with Gasteiger partial charge in [0.15, 0.2) is 0 Å². The zero-order valence-corrected chi connectivity index (χ0v) is 18.2. The van der Waals surface area contributed by atoms with Crippen LogP contribution in [0.2, 0.25) is 10.0 Å². The number of pyridine rings is 1. The van der Waals surface area contributed by atoms with Gasteiger partial charge in [0.25, 0.3) is 0 Å². The molecule has 13 heteroatoms. The second-order valence-corrected chi connectivity index (χ2v) is 9.44. The zero-order chi connectivity index (χ0) is 22.8. The van der Waals surface area contributed by atoms with Gasteiger partial charge in [0, 0.05) is 37.4 Å². The molecule has 0 spiro atoms. The molecule has 1 N–H and O–H groups in total. The van der Waals surface area contributed by atoms with Gasteiger partial charge in [-0.1, -0.05) is 23.2 Å². The summed E-state index contributed by atoms with van der Waals surface area (Å²) in [4.78, 5) is 17.5. The van der Waals surface area contributed by atoms with Gasteiger partial charge >= 0.3 is 12.2 Å². The van der Waals surface area contributed by atoms with Crippen molar-refractivity contribution in [2.24, 2.45) is 0 Å². The molecule has 1 saturated heterocycles. The number of alkyl halides is 3. The largest absolute Gasteiger partial charge is 0.417 e. The molecule has 1 fully saturated rings. The Labute approximate surface area is 186 Å². The van der Waals surface area contributed by atoms with E-state index in [9.17, 15) is 26.4 Å². The van der Waals surface area contributed by atoms with E-state index in [1.54, 1.807) is 0 Å². The van der Waals surface area contributed by atoms with Crippen LogP contribution in [0.3, 0.4) is 0 Å². The highest BCUT2D eigenvalue weighted by molar-refractivity contribution is 7.89. The second-order valence-electron chi connectivity index (χ2n) is 6.65. The number of piperazine rings is 1. The Hall–Kier alpha value is -2.08. The van der Waals surface area contributed by atoms with Gasteiger partial charge in [-0.15, -0.1) is 0 Å². The lowest BCUT2D eigenvalue weighted by molar-refractivity contribution is -0.137. The third-order valence-corrected chi connectivity index (χ3v) is 7.12. The van der Waals surface area contributed by atoms with Crippen LogP contribution in [0.25, 0.3) is 0 Å². The number of hydrogen-bond donors (Lipinski definition) is 1. The summed E-state index contributed by atoms with van der Waals surface area (Å²) in [6.45, 7) is 0.314. The minimum Gasteiger partial charge on any atom is -0.332 e. The van der Waals surface area contributed by atoms with E-state index in [2.05, 4.69) is 10.3 Å². The number of nitrogens with one attached hydrogen (secondary N) is 1. The molecule has 0 radical (unpaired) electrons. The van der Waals surface area contributed by atoms with E-state index >= 15 is 0 Å². The van der Waals surface area contributed by atoms with Crippen LogP contribution in [-0.4, -0.2) is 54.8 Å². The summed E-state index contributed by atoms with van der Waals surface area (Å²) in [7, 11) is -3.71. The normalized spacial score (nSPS) is 15.7. The Kier molecular flexibility index (Phi) is 6.99. The van der Waals surface area contributed by atoms with Crippen LogP contribution in [0.4, 0.5) is 18.0 Å². The fourth-order valence-electron chi connectivity index (χ4n) is 2.91.